The highest BCUT2D eigenvalue weighted by Gasteiger charge is 2.36. The molecule has 1 fully saturated rings. The van der Waals surface area contributed by atoms with Crippen molar-refractivity contribution in [2.75, 3.05) is 19.1 Å². The Morgan fingerprint density at radius 1 is 1.17 bits per heavy atom. The van der Waals surface area contributed by atoms with Crippen molar-refractivity contribution in [2.24, 2.45) is 0 Å². The molecule has 3 rings (SSSR count). The second kappa shape index (κ2) is 8.71. The topological polar surface area (TPSA) is 67.9 Å². The third-order valence-corrected chi connectivity index (χ3v) is 5.60. The van der Waals surface area contributed by atoms with Crippen LogP contribution in [-0.4, -0.2) is 31.1 Å². The zero-order valence-electron chi connectivity index (χ0n) is 15.1. The van der Waals surface area contributed by atoms with Crippen molar-refractivity contribution in [1.82, 2.24) is 5.32 Å². The molecule has 1 N–H and O–H groups in total. The molecule has 10 heteroatoms. The van der Waals surface area contributed by atoms with Gasteiger partial charge >= 0.3 is 0 Å². The number of nitrogens with one attached hydrogen (secondary N) is 1. The predicted octanol–water partition coefficient (Wildman–Crippen LogP) is 4.60. The standard InChI is InChI=1S/C19H13BrCl2N2O4S/c1-27-14-8-10(20)6-9(16(14)28-2)7-11-17(25)23-19(29)24(18(11)26)13-5-3-4-12(21)15(13)22/h3-8H,1-2H3,(H,23,25,29)/b11-7+. The van der Waals surface area contributed by atoms with E-state index in [4.69, 9.17) is 44.9 Å². The van der Waals surface area contributed by atoms with E-state index in [2.05, 4.69) is 21.2 Å². The molecule has 1 heterocycles. The smallest absolute Gasteiger partial charge is 0.270 e. The van der Waals surface area contributed by atoms with E-state index >= 15 is 0 Å². The van der Waals surface area contributed by atoms with Crippen molar-refractivity contribution < 1.29 is 19.1 Å². The van der Waals surface area contributed by atoms with E-state index in [1.165, 1.54) is 20.3 Å². The molecule has 0 atom stereocenters. The van der Waals surface area contributed by atoms with E-state index in [-0.39, 0.29) is 26.4 Å². The maximum absolute atomic E-state index is 13.2. The van der Waals surface area contributed by atoms with Crippen molar-refractivity contribution in [1.29, 1.82) is 0 Å². The van der Waals surface area contributed by atoms with Gasteiger partial charge in [0.15, 0.2) is 16.6 Å². The second-order valence-corrected chi connectivity index (χ2v) is 7.85. The molecule has 29 heavy (non-hydrogen) atoms. The molecule has 150 valence electrons. The van der Waals surface area contributed by atoms with Crippen LogP contribution in [0.15, 0.2) is 40.4 Å². The van der Waals surface area contributed by atoms with E-state index < -0.39 is 11.8 Å². The van der Waals surface area contributed by atoms with Crippen molar-refractivity contribution >= 4 is 80.0 Å². The molecule has 0 spiro atoms. The van der Waals surface area contributed by atoms with Crippen LogP contribution < -0.4 is 19.7 Å². The Balaban J connectivity index is 2.14. The number of hydrogen-bond donors (Lipinski definition) is 1. The number of hydrogen-bond acceptors (Lipinski definition) is 5. The van der Waals surface area contributed by atoms with Gasteiger partial charge in [-0.1, -0.05) is 45.2 Å². The number of methoxy groups -OCH3 is 2. The third kappa shape index (κ3) is 4.11. The summed E-state index contributed by atoms with van der Waals surface area (Å²) < 4.78 is 11.4. The molecule has 6 nitrogen and oxygen atoms in total. The molecular weight excluding hydrogens is 503 g/mol. The monoisotopic (exact) mass is 514 g/mol. The van der Waals surface area contributed by atoms with Gasteiger partial charge < -0.3 is 9.47 Å². The van der Waals surface area contributed by atoms with E-state index in [0.717, 1.165) is 4.90 Å². The summed E-state index contributed by atoms with van der Waals surface area (Å²) in [6.07, 6.45) is 1.40. The fourth-order valence-corrected chi connectivity index (χ4v) is 3.87. The number of halogens is 3. The minimum atomic E-state index is -0.649. The van der Waals surface area contributed by atoms with Crippen LogP contribution in [0.1, 0.15) is 5.56 Å². The Morgan fingerprint density at radius 3 is 2.55 bits per heavy atom. The van der Waals surface area contributed by atoms with Crippen LogP contribution in [0, 0.1) is 0 Å². The summed E-state index contributed by atoms with van der Waals surface area (Å²) in [5.74, 6) is -0.494. The maximum Gasteiger partial charge on any atom is 0.270 e. The molecule has 2 aromatic rings. The van der Waals surface area contributed by atoms with Crippen molar-refractivity contribution in [3.8, 4) is 11.5 Å². The van der Waals surface area contributed by atoms with Gasteiger partial charge in [0, 0.05) is 10.0 Å². The molecule has 1 aliphatic rings. The first-order chi connectivity index (χ1) is 13.8. The Morgan fingerprint density at radius 2 is 1.90 bits per heavy atom. The van der Waals surface area contributed by atoms with Crippen LogP contribution in [0.3, 0.4) is 0 Å². The Labute approximate surface area is 190 Å². The van der Waals surface area contributed by atoms with E-state index in [1.54, 1.807) is 30.3 Å². The number of nitrogens with zero attached hydrogens (tertiary/aromatic N) is 1. The summed E-state index contributed by atoms with van der Waals surface area (Å²) in [6.45, 7) is 0. The Bertz CT molecular complexity index is 1070. The van der Waals surface area contributed by atoms with Crippen LogP contribution >= 0.6 is 51.3 Å². The number of carbonyl (C=O) groups excluding carboxylic acids is 2. The normalized spacial score (nSPS) is 15.6. The van der Waals surface area contributed by atoms with Gasteiger partial charge in [-0.15, -0.1) is 0 Å². The lowest BCUT2D eigenvalue weighted by Crippen LogP contribution is -2.54. The molecule has 0 radical (unpaired) electrons. The fourth-order valence-electron chi connectivity index (χ4n) is 2.76. The van der Waals surface area contributed by atoms with Crippen LogP contribution in [0.2, 0.25) is 10.0 Å². The van der Waals surface area contributed by atoms with Crippen LogP contribution in [0.4, 0.5) is 5.69 Å². The first kappa shape index (κ1) is 21.6. The lowest BCUT2D eigenvalue weighted by molar-refractivity contribution is -0.122. The summed E-state index contributed by atoms with van der Waals surface area (Å²) in [5, 5.41) is 2.79. The van der Waals surface area contributed by atoms with Gasteiger partial charge in [0.25, 0.3) is 11.8 Å². The molecule has 1 saturated heterocycles. The fraction of sp³-hybridized carbons (Fsp3) is 0.105. The van der Waals surface area contributed by atoms with E-state index in [9.17, 15) is 9.59 Å². The molecule has 0 bridgehead atoms. The number of ether oxygens (including phenoxy) is 2. The highest BCUT2D eigenvalue weighted by atomic mass is 79.9. The first-order valence-corrected chi connectivity index (χ1v) is 10.0. The highest BCUT2D eigenvalue weighted by molar-refractivity contribution is 9.10. The molecule has 0 saturated carbocycles. The molecule has 0 aliphatic carbocycles. The van der Waals surface area contributed by atoms with Crippen molar-refractivity contribution in [3.05, 3.63) is 56.0 Å². The van der Waals surface area contributed by atoms with Gasteiger partial charge in [-0.05, 0) is 42.6 Å². The third-order valence-electron chi connectivity index (χ3n) is 4.05. The van der Waals surface area contributed by atoms with Gasteiger partial charge in [0.1, 0.15) is 5.57 Å². The van der Waals surface area contributed by atoms with Crippen molar-refractivity contribution in [2.45, 2.75) is 0 Å². The molecule has 2 aromatic carbocycles. The average molecular weight is 516 g/mol. The van der Waals surface area contributed by atoms with Gasteiger partial charge in [-0.3, -0.25) is 19.8 Å². The molecule has 0 unspecified atom stereocenters. The summed E-state index contributed by atoms with van der Waals surface area (Å²) in [6, 6.07) is 8.19. The maximum atomic E-state index is 13.2. The first-order valence-electron chi connectivity index (χ1n) is 8.05. The largest absolute Gasteiger partial charge is 0.493 e. The van der Waals surface area contributed by atoms with E-state index in [1.807, 2.05) is 0 Å². The van der Waals surface area contributed by atoms with Crippen molar-refractivity contribution in [3.63, 3.8) is 0 Å². The summed E-state index contributed by atoms with van der Waals surface area (Å²) in [4.78, 5) is 26.8. The summed E-state index contributed by atoms with van der Waals surface area (Å²) in [5.41, 5.74) is 0.564. The molecular formula is C19H13BrCl2N2O4S. The number of anilines is 1. The summed E-state index contributed by atoms with van der Waals surface area (Å²) in [7, 11) is 2.95. The number of carbonyl (C=O) groups is 2. The van der Waals surface area contributed by atoms with Gasteiger partial charge in [-0.25, -0.2) is 0 Å². The van der Waals surface area contributed by atoms with Gasteiger partial charge in [0.05, 0.1) is 30.0 Å². The van der Waals surface area contributed by atoms with Crippen LogP contribution in [0.25, 0.3) is 6.08 Å². The number of benzene rings is 2. The lowest BCUT2D eigenvalue weighted by atomic mass is 10.1. The highest BCUT2D eigenvalue weighted by Crippen LogP contribution is 2.37. The number of thiocarbonyl (C=S) groups is 1. The minimum absolute atomic E-state index is 0.0971. The molecule has 2 amide bonds. The van der Waals surface area contributed by atoms with Gasteiger partial charge in [0.2, 0.25) is 0 Å². The van der Waals surface area contributed by atoms with Gasteiger partial charge in [-0.2, -0.15) is 0 Å². The second-order valence-electron chi connectivity index (χ2n) is 5.76. The lowest BCUT2D eigenvalue weighted by Gasteiger charge is -2.29. The quantitative estimate of drug-likeness (QED) is 0.366. The van der Waals surface area contributed by atoms with Crippen LogP contribution in [-0.2, 0) is 9.59 Å². The SMILES string of the molecule is COc1cc(Br)cc(/C=C2\C(=O)NC(=S)N(c3cccc(Cl)c3Cl)C2=O)c1OC. The zero-order valence-corrected chi connectivity index (χ0v) is 19.0. The molecule has 1 aliphatic heterocycles. The number of amides is 2. The minimum Gasteiger partial charge on any atom is -0.493 e. The summed E-state index contributed by atoms with van der Waals surface area (Å²) >= 11 is 20.9. The average Bonchev–Trinajstić information content (AvgIpc) is 2.67. The van der Waals surface area contributed by atoms with Crippen LogP contribution in [0.5, 0.6) is 11.5 Å². The van der Waals surface area contributed by atoms with E-state index in [0.29, 0.717) is 21.5 Å². The molecule has 0 aromatic heterocycles. The number of rotatable bonds is 4. The Hall–Kier alpha value is -2.13. The Kier molecular flexibility index (Phi) is 6.48. The zero-order chi connectivity index (χ0) is 21.3. The predicted molar refractivity (Wildman–Crippen MR) is 120 cm³/mol.